The molecule has 26 heavy (non-hydrogen) atoms. The minimum Gasteiger partial charge on any atom is -0.326 e. The maximum absolute atomic E-state index is 13.1. The van der Waals surface area contributed by atoms with Crippen molar-refractivity contribution < 1.29 is 4.79 Å². The number of nitrogens with one attached hydrogen (secondary N) is 2. The molecule has 1 aliphatic heterocycles. The van der Waals surface area contributed by atoms with Crippen LogP contribution in [0.5, 0.6) is 0 Å². The van der Waals surface area contributed by atoms with Crippen LogP contribution < -0.4 is 10.6 Å². The Morgan fingerprint density at radius 3 is 2.69 bits per heavy atom. The summed E-state index contributed by atoms with van der Waals surface area (Å²) < 4.78 is 1.61. The average molecular weight is 347 g/mol. The van der Waals surface area contributed by atoms with Crippen LogP contribution in [-0.4, -0.2) is 31.1 Å². The first-order valence-corrected chi connectivity index (χ1v) is 8.17. The summed E-state index contributed by atoms with van der Waals surface area (Å²) in [6, 6.07) is 10.9. The fourth-order valence-electron chi connectivity index (χ4n) is 3.06. The molecule has 0 saturated heterocycles. The van der Waals surface area contributed by atoms with Crippen LogP contribution in [0, 0.1) is 6.92 Å². The van der Waals surface area contributed by atoms with Crippen molar-refractivity contribution in [3.63, 3.8) is 0 Å². The van der Waals surface area contributed by atoms with Crippen LogP contribution in [0.25, 0.3) is 0 Å². The summed E-state index contributed by atoms with van der Waals surface area (Å²) in [7, 11) is 0. The van der Waals surface area contributed by atoms with Gasteiger partial charge >= 0.3 is 0 Å². The van der Waals surface area contributed by atoms with Crippen LogP contribution in [0.3, 0.4) is 0 Å². The topological polar surface area (TPSA) is 97.6 Å². The molecule has 0 saturated carbocycles. The van der Waals surface area contributed by atoms with Crippen LogP contribution in [0.2, 0.25) is 0 Å². The molecule has 3 heterocycles. The van der Waals surface area contributed by atoms with Gasteiger partial charge in [0.15, 0.2) is 0 Å². The van der Waals surface area contributed by atoms with Crippen molar-refractivity contribution in [2.45, 2.75) is 19.9 Å². The number of para-hydroxylation sites is 1. The van der Waals surface area contributed by atoms with Crippen molar-refractivity contribution in [3.8, 4) is 0 Å². The van der Waals surface area contributed by atoms with E-state index in [1.165, 1.54) is 0 Å². The second-order valence-electron chi connectivity index (χ2n) is 6.06. The monoisotopic (exact) mass is 347 g/mol. The van der Waals surface area contributed by atoms with Crippen LogP contribution in [0.1, 0.15) is 24.1 Å². The smallest absolute Gasteiger partial charge is 0.255 e. The van der Waals surface area contributed by atoms with Gasteiger partial charge in [-0.25, -0.2) is 0 Å². The predicted octanol–water partition coefficient (Wildman–Crippen LogP) is 2.30. The van der Waals surface area contributed by atoms with E-state index in [0.717, 1.165) is 16.8 Å². The Morgan fingerprint density at radius 1 is 1.15 bits per heavy atom. The molecule has 8 nitrogen and oxygen atoms in total. The number of rotatable bonds is 3. The third kappa shape index (κ3) is 2.71. The number of aryl methyl sites for hydroxylation is 1. The van der Waals surface area contributed by atoms with Crippen molar-refractivity contribution in [1.29, 1.82) is 0 Å². The lowest BCUT2D eigenvalue weighted by Crippen LogP contribution is -2.31. The van der Waals surface area contributed by atoms with Gasteiger partial charge in [0.25, 0.3) is 5.91 Å². The molecule has 0 spiro atoms. The zero-order valence-corrected chi connectivity index (χ0v) is 14.3. The molecule has 130 valence electrons. The van der Waals surface area contributed by atoms with E-state index in [0.29, 0.717) is 17.2 Å². The Kier molecular flexibility index (Phi) is 3.92. The van der Waals surface area contributed by atoms with Gasteiger partial charge in [0.05, 0.1) is 5.57 Å². The number of pyridine rings is 1. The molecule has 1 aromatic carbocycles. The van der Waals surface area contributed by atoms with E-state index in [9.17, 15) is 4.79 Å². The van der Waals surface area contributed by atoms with Crippen molar-refractivity contribution in [1.82, 2.24) is 25.2 Å². The lowest BCUT2D eigenvalue weighted by atomic mass is 9.95. The van der Waals surface area contributed by atoms with E-state index in [-0.39, 0.29) is 5.91 Å². The number of fused-ring (bicyclic) bond motifs is 1. The Bertz CT molecular complexity index is 994. The van der Waals surface area contributed by atoms with Crippen molar-refractivity contribution >= 4 is 17.5 Å². The highest BCUT2D eigenvalue weighted by Crippen LogP contribution is 2.34. The molecular weight excluding hydrogens is 330 g/mol. The molecule has 8 heteroatoms. The molecule has 1 aliphatic rings. The molecule has 0 radical (unpaired) electrons. The lowest BCUT2D eigenvalue weighted by molar-refractivity contribution is -0.113. The number of benzene rings is 1. The molecule has 2 aromatic heterocycles. The molecule has 1 atom stereocenters. The first-order chi connectivity index (χ1) is 12.6. The van der Waals surface area contributed by atoms with Crippen LogP contribution in [-0.2, 0) is 4.79 Å². The highest BCUT2D eigenvalue weighted by atomic mass is 16.1. The number of nitrogens with zero attached hydrogens (tertiary/aromatic N) is 5. The van der Waals surface area contributed by atoms with Crippen molar-refractivity contribution in [2.24, 2.45) is 0 Å². The summed E-state index contributed by atoms with van der Waals surface area (Å²) in [5.74, 6) is 0.295. The predicted molar refractivity (Wildman–Crippen MR) is 96.3 cm³/mol. The minimum absolute atomic E-state index is 0.202. The number of amides is 1. The first kappa shape index (κ1) is 15.9. The van der Waals surface area contributed by atoms with E-state index in [1.54, 1.807) is 17.1 Å². The molecule has 0 fully saturated rings. The molecule has 0 bridgehead atoms. The summed E-state index contributed by atoms with van der Waals surface area (Å²) in [4.78, 5) is 17.2. The van der Waals surface area contributed by atoms with Gasteiger partial charge in [0.2, 0.25) is 5.95 Å². The summed E-state index contributed by atoms with van der Waals surface area (Å²) >= 11 is 0. The standard InChI is InChI=1S/C18H17N7O/c1-11-5-3-4-6-14(11)21-17(26)15-12(2)20-18-22-23-24-25(18)16(15)13-7-9-19-10-8-13/h3-10,16H,1-2H3,(H,21,26)(H,20,22,24). The van der Waals surface area contributed by atoms with Gasteiger partial charge in [-0.1, -0.05) is 23.3 Å². The number of aromatic nitrogens is 5. The highest BCUT2D eigenvalue weighted by molar-refractivity contribution is 6.06. The van der Waals surface area contributed by atoms with Crippen LogP contribution in [0.4, 0.5) is 11.6 Å². The largest absolute Gasteiger partial charge is 0.326 e. The van der Waals surface area contributed by atoms with Crippen molar-refractivity contribution in [3.05, 3.63) is 71.2 Å². The molecule has 1 amide bonds. The number of allylic oxidation sites excluding steroid dienone is 1. The van der Waals surface area contributed by atoms with E-state index in [4.69, 9.17) is 0 Å². The summed E-state index contributed by atoms with van der Waals surface area (Å²) in [5.41, 5.74) is 3.91. The number of carbonyl (C=O) groups excluding carboxylic acids is 1. The molecule has 1 unspecified atom stereocenters. The van der Waals surface area contributed by atoms with Gasteiger partial charge < -0.3 is 10.6 Å². The van der Waals surface area contributed by atoms with Gasteiger partial charge in [-0.05, 0) is 53.6 Å². The van der Waals surface area contributed by atoms with E-state index >= 15 is 0 Å². The Morgan fingerprint density at radius 2 is 1.92 bits per heavy atom. The van der Waals surface area contributed by atoms with E-state index in [2.05, 4.69) is 31.1 Å². The highest BCUT2D eigenvalue weighted by Gasteiger charge is 2.34. The van der Waals surface area contributed by atoms with Gasteiger partial charge in [-0.3, -0.25) is 9.78 Å². The second kappa shape index (κ2) is 6.40. The minimum atomic E-state index is -0.437. The Balaban J connectivity index is 1.77. The number of anilines is 2. The lowest BCUT2D eigenvalue weighted by Gasteiger charge is -2.28. The fraction of sp³-hybridized carbons (Fsp3) is 0.167. The normalized spacial score (nSPS) is 16.0. The van der Waals surface area contributed by atoms with Crippen molar-refractivity contribution in [2.75, 3.05) is 10.6 Å². The fourth-order valence-corrected chi connectivity index (χ4v) is 3.06. The average Bonchev–Trinajstić information content (AvgIpc) is 3.11. The summed E-state index contributed by atoms with van der Waals surface area (Å²) in [5, 5.41) is 17.9. The summed E-state index contributed by atoms with van der Waals surface area (Å²) in [6.45, 7) is 3.80. The van der Waals surface area contributed by atoms with Gasteiger partial charge in [0, 0.05) is 23.8 Å². The van der Waals surface area contributed by atoms with Crippen LogP contribution in [0.15, 0.2) is 60.1 Å². The zero-order valence-electron chi connectivity index (χ0n) is 14.3. The SMILES string of the molecule is CC1=C(C(=O)Nc2ccccc2C)C(c2ccncc2)n2nnnc2N1. The maximum atomic E-state index is 13.1. The number of carbonyl (C=O) groups is 1. The number of tetrazole rings is 1. The summed E-state index contributed by atoms with van der Waals surface area (Å²) in [6.07, 6.45) is 3.38. The molecule has 3 aromatic rings. The number of hydrogen-bond donors (Lipinski definition) is 2. The third-order valence-electron chi connectivity index (χ3n) is 4.37. The Labute approximate surface area is 150 Å². The zero-order chi connectivity index (χ0) is 18.1. The quantitative estimate of drug-likeness (QED) is 0.754. The molecule has 2 N–H and O–H groups in total. The second-order valence-corrected chi connectivity index (χ2v) is 6.06. The third-order valence-corrected chi connectivity index (χ3v) is 4.37. The molecular formula is C18H17N7O. The number of hydrogen-bond acceptors (Lipinski definition) is 6. The maximum Gasteiger partial charge on any atom is 0.255 e. The van der Waals surface area contributed by atoms with E-state index in [1.807, 2.05) is 50.2 Å². The van der Waals surface area contributed by atoms with Crippen LogP contribution >= 0.6 is 0 Å². The van der Waals surface area contributed by atoms with Gasteiger partial charge in [0.1, 0.15) is 6.04 Å². The molecule has 4 rings (SSSR count). The van der Waals surface area contributed by atoms with Gasteiger partial charge in [-0.15, -0.1) is 0 Å². The Hall–Kier alpha value is -3.55. The molecule has 0 aliphatic carbocycles. The van der Waals surface area contributed by atoms with Gasteiger partial charge in [-0.2, -0.15) is 4.68 Å². The first-order valence-electron chi connectivity index (χ1n) is 8.17. The van der Waals surface area contributed by atoms with E-state index < -0.39 is 6.04 Å².